The number of ether oxygens (including phenoxy) is 1. The molecule has 1 heterocycles. The average molecular weight is 357 g/mol. The number of likely N-dealkylation sites (tertiary alicyclic amines) is 1. The molecule has 1 saturated heterocycles. The second kappa shape index (κ2) is 8.98. The van der Waals surface area contributed by atoms with Crippen LogP contribution in [0.15, 0.2) is 91.0 Å². The summed E-state index contributed by atoms with van der Waals surface area (Å²) in [6.45, 7) is 2.93. The van der Waals surface area contributed by atoms with E-state index < -0.39 is 0 Å². The predicted octanol–water partition coefficient (Wildman–Crippen LogP) is 5.46. The molecule has 1 aliphatic rings. The molecule has 0 saturated carbocycles. The van der Waals surface area contributed by atoms with Gasteiger partial charge in [0.15, 0.2) is 0 Å². The fourth-order valence-corrected chi connectivity index (χ4v) is 3.96. The molecule has 1 unspecified atom stereocenters. The molecule has 3 aromatic rings. The van der Waals surface area contributed by atoms with Gasteiger partial charge >= 0.3 is 0 Å². The van der Waals surface area contributed by atoms with Gasteiger partial charge in [-0.25, -0.2) is 0 Å². The fourth-order valence-electron chi connectivity index (χ4n) is 3.96. The maximum absolute atomic E-state index is 6.52. The van der Waals surface area contributed by atoms with Gasteiger partial charge in [0.05, 0.1) is 6.61 Å². The van der Waals surface area contributed by atoms with E-state index in [1.54, 1.807) is 0 Å². The fraction of sp³-hybridized carbons (Fsp3) is 0.280. The Morgan fingerprint density at radius 2 is 1.33 bits per heavy atom. The molecule has 0 spiro atoms. The molecule has 1 atom stereocenters. The summed E-state index contributed by atoms with van der Waals surface area (Å²) < 4.78 is 6.52. The van der Waals surface area contributed by atoms with Gasteiger partial charge in [-0.2, -0.15) is 0 Å². The van der Waals surface area contributed by atoms with Gasteiger partial charge in [-0.15, -0.1) is 0 Å². The van der Waals surface area contributed by atoms with Crippen molar-refractivity contribution < 1.29 is 4.74 Å². The van der Waals surface area contributed by atoms with Crippen LogP contribution in [0.2, 0.25) is 0 Å². The standard InChI is InChI=1S/C25H27NO/c1-4-11-21(12-5-1)19-26-18-10-17-24(26)20-27-25(22-13-6-2-7-14-22)23-15-8-3-9-16-23/h1-9,11-16,24-25H,10,17-20H2. The van der Waals surface area contributed by atoms with Crippen molar-refractivity contribution in [1.29, 1.82) is 0 Å². The minimum atomic E-state index is -0.00780. The van der Waals surface area contributed by atoms with Gasteiger partial charge < -0.3 is 4.74 Å². The van der Waals surface area contributed by atoms with E-state index in [-0.39, 0.29) is 6.10 Å². The van der Waals surface area contributed by atoms with Crippen LogP contribution in [0.1, 0.15) is 35.6 Å². The van der Waals surface area contributed by atoms with Gasteiger partial charge in [-0.3, -0.25) is 4.90 Å². The van der Waals surface area contributed by atoms with Gasteiger partial charge in [0.25, 0.3) is 0 Å². The zero-order valence-electron chi connectivity index (χ0n) is 15.7. The summed E-state index contributed by atoms with van der Waals surface area (Å²) in [5.74, 6) is 0. The molecule has 0 aromatic heterocycles. The molecule has 4 rings (SSSR count). The van der Waals surface area contributed by atoms with Crippen molar-refractivity contribution in [3.63, 3.8) is 0 Å². The largest absolute Gasteiger partial charge is 0.367 e. The van der Waals surface area contributed by atoms with Crippen molar-refractivity contribution in [3.8, 4) is 0 Å². The molecule has 2 nitrogen and oxygen atoms in total. The summed E-state index contributed by atoms with van der Waals surface area (Å²) in [4.78, 5) is 2.57. The Labute approximate surface area is 162 Å². The molecule has 2 heteroatoms. The second-order valence-electron chi connectivity index (χ2n) is 7.29. The number of hydrogen-bond donors (Lipinski definition) is 0. The first-order valence-electron chi connectivity index (χ1n) is 9.89. The summed E-state index contributed by atoms with van der Waals surface area (Å²) in [6, 6.07) is 32.4. The third kappa shape index (κ3) is 4.65. The van der Waals surface area contributed by atoms with E-state index in [1.807, 2.05) is 0 Å². The maximum atomic E-state index is 6.52. The Morgan fingerprint density at radius 3 is 1.93 bits per heavy atom. The number of nitrogens with zero attached hydrogens (tertiary/aromatic N) is 1. The van der Waals surface area contributed by atoms with Crippen LogP contribution in [0.5, 0.6) is 0 Å². The molecular formula is C25H27NO. The molecule has 0 N–H and O–H groups in total. The Kier molecular flexibility index (Phi) is 5.98. The third-order valence-electron chi connectivity index (χ3n) is 5.39. The summed E-state index contributed by atoms with van der Waals surface area (Å²) >= 11 is 0. The Balaban J connectivity index is 1.45. The predicted molar refractivity (Wildman–Crippen MR) is 111 cm³/mol. The van der Waals surface area contributed by atoms with E-state index >= 15 is 0 Å². The lowest BCUT2D eigenvalue weighted by molar-refractivity contribution is 0.0360. The molecule has 1 fully saturated rings. The molecule has 138 valence electrons. The maximum Gasteiger partial charge on any atom is 0.108 e. The number of hydrogen-bond acceptors (Lipinski definition) is 2. The lowest BCUT2D eigenvalue weighted by Crippen LogP contribution is -2.33. The summed E-state index contributed by atoms with van der Waals surface area (Å²) in [7, 11) is 0. The Morgan fingerprint density at radius 1 is 0.778 bits per heavy atom. The molecular weight excluding hydrogens is 330 g/mol. The molecule has 27 heavy (non-hydrogen) atoms. The number of rotatable bonds is 7. The zero-order valence-corrected chi connectivity index (χ0v) is 15.7. The third-order valence-corrected chi connectivity index (χ3v) is 5.39. The van der Waals surface area contributed by atoms with Gasteiger partial charge in [0, 0.05) is 12.6 Å². The van der Waals surface area contributed by atoms with E-state index in [1.165, 1.54) is 29.5 Å². The van der Waals surface area contributed by atoms with Crippen molar-refractivity contribution in [2.24, 2.45) is 0 Å². The van der Waals surface area contributed by atoms with E-state index in [9.17, 15) is 0 Å². The van der Waals surface area contributed by atoms with Crippen molar-refractivity contribution in [2.45, 2.75) is 31.5 Å². The minimum Gasteiger partial charge on any atom is -0.367 e. The van der Waals surface area contributed by atoms with Crippen LogP contribution in [-0.2, 0) is 11.3 Å². The zero-order chi connectivity index (χ0) is 18.3. The van der Waals surface area contributed by atoms with Crippen LogP contribution in [0, 0.1) is 0 Å². The highest BCUT2D eigenvalue weighted by atomic mass is 16.5. The van der Waals surface area contributed by atoms with Crippen LogP contribution < -0.4 is 0 Å². The lowest BCUT2D eigenvalue weighted by Gasteiger charge is -2.27. The lowest BCUT2D eigenvalue weighted by atomic mass is 10.0. The van der Waals surface area contributed by atoms with E-state index in [2.05, 4.69) is 95.9 Å². The topological polar surface area (TPSA) is 12.5 Å². The first-order chi connectivity index (χ1) is 13.4. The van der Waals surface area contributed by atoms with Crippen molar-refractivity contribution in [2.75, 3.05) is 13.2 Å². The first kappa shape index (κ1) is 18.0. The molecule has 0 radical (unpaired) electrons. The van der Waals surface area contributed by atoms with Gasteiger partial charge in [0.2, 0.25) is 0 Å². The van der Waals surface area contributed by atoms with E-state index in [4.69, 9.17) is 4.74 Å². The highest BCUT2D eigenvalue weighted by Crippen LogP contribution is 2.28. The molecule has 0 bridgehead atoms. The van der Waals surface area contributed by atoms with Crippen LogP contribution in [0.3, 0.4) is 0 Å². The van der Waals surface area contributed by atoms with E-state index in [0.717, 1.165) is 19.7 Å². The molecule has 3 aromatic carbocycles. The average Bonchev–Trinajstić information content (AvgIpc) is 3.17. The first-order valence-corrected chi connectivity index (χ1v) is 9.89. The van der Waals surface area contributed by atoms with Crippen molar-refractivity contribution in [1.82, 2.24) is 4.90 Å². The van der Waals surface area contributed by atoms with Crippen LogP contribution in [0.4, 0.5) is 0 Å². The quantitative estimate of drug-likeness (QED) is 0.557. The van der Waals surface area contributed by atoms with Gasteiger partial charge in [-0.05, 0) is 36.1 Å². The molecule has 1 aliphatic heterocycles. The highest BCUT2D eigenvalue weighted by Gasteiger charge is 2.26. The van der Waals surface area contributed by atoms with Crippen LogP contribution in [-0.4, -0.2) is 24.1 Å². The number of benzene rings is 3. The van der Waals surface area contributed by atoms with Crippen LogP contribution in [0.25, 0.3) is 0 Å². The minimum absolute atomic E-state index is 0.00780. The SMILES string of the molecule is c1ccc(CN2CCCC2COC(c2ccccc2)c2ccccc2)cc1. The van der Waals surface area contributed by atoms with Gasteiger partial charge in [-0.1, -0.05) is 91.0 Å². The highest BCUT2D eigenvalue weighted by molar-refractivity contribution is 5.30. The van der Waals surface area contributed by atoms with Crippen LogP contribution >= 0.6 is 0 Å². The van der Waals surface area contributed by atoms with Gasteiger partial charge in [0.1, 0.15) is 6.10 Å². The molecule has 0 aliphatic carbocycles. The summed E-state index contributed by atoms with van der Waals surface area (Å²) in [5.41, 5.74) is 3.82. The Bertz CT molecular complexity index is 764. The summed E-state index contributed by atoms with van der Waals surface area (Å²) in [5, 5.41) is 0. The smallest absolute Gasteiger partial charge is 0.108 e. The van der Waals surface area contributed by atoms with E-state index in [0.29, 0.717) is 6.04 Å². The second-order valence-corrected chi connectivity index (χ2v) is 7.29. The molecule has 0 amide bonds. The Hall–Kier alpha value is -2.42. The monoisotopic (exact) mass is 357 g/mol. The van der Waals surface area contributed by atoms with Crippen molar-refractivity contribution >= 4 is 0 Å². The normalized spacial score (nSPS) is 17.4. The summed E-state index contributed by atoms with van der Waals surface area (Å²) in [6.07, 6.45) is 2.46. The van der Waals surface area contributed by atoms with Crippen molar-refractivity contribution in [3.05, 3.63) is 108 Å².